The second-order valence-electron chi connectivity index (χ2n) is 4.05. The van der Waals surface area contributed by atoms with Crippen molar-refractivity contribution in [2.75, 3.05) is 12.4 Å². The molecule has 0 spiro atoms. The molecule has 0 fully saturated rings. The molecule has 2 aromatic carbocycles. The summed E-state index contributed by atoms with van der Waals surface area (Å²) in [5.41, 5.74) is 0.129. The Morgan fingerprint density at radius 3 is 2.50 bits per heavy atom. The van der Waals surface area contributed by atoms with Crippen LogP contribution in [-0.4, -0.2) is 17.8 Å². The molecular weight excluding hydrogens is 263 g/mol. The molecule has 102 valence electrons. The number of hydrogen-bond acceptors (Lipinski definition) is 4. The minimum absolute atomic E-state index is 0.0619. The van der Waals surface area contributed by atoms with Crippen molar-refractivity contribution in [3.63, 3.8) is 0 Å². The van der Waals surface area contributed by atoms with Crippen molar-refractivity contribution < 1.29 is 14.1 Å². The van der Waals surface area contributed by atoms with E-state index in [1.165, 1.54) is 36.4 Å². The number of benzene rings is 2. The van der Waals surface area contributed by atoms with E-state index in [4.69, 9.17) is 0 Å². The van der Waals surface area contributed by atoms with Gasteiger partial charge in [0, 0.05) is 24.9 Å². The number of carbonyl (C=O) groups is 1. The van der Waals surface area contributed by atoms with Crippen LogP contribution in [0.5, 0.6) is 0 Å². The maximum absolute atomic E-state index is 13.6. The van der Waals surface area contributed by atoms with Gasteiger partial charge in [-0.25, -0.2) is 4.39 Å². The normalized spacial score (nSPS) is 10.1. The van der Waals surface area contributed by atoms with Crippen LogP contribution in [0.25, 0.3) is 0 Å². The number of nitro groups is 1. The number of non-ortho nitro benzene ring substituents is 1. The second kappa shape index (κ2) is 5.48. The standard InChI is InChI=1S/C14H11FN2O3/c1-16-13-7-6-9(17(19)20)8-11(13)14(18)10-4-2-3-5-12(10)15/h2-8,16H,1H3. The highest BCUT2D eigenvalue weighted by Crippen LogP contribution is 2.25. The van der Waals surface area contributed by atoms with Crippen LogP contribution in [0.3, 0.4) is 0 Å². The molecule has 0 heterocycles. The molecule has 0 saturated carbocycles. The van der Waals surface area contributed by atoms with E-state index in [2.05, 4.69) is 5.32 Å². The van der Waals surface area contributed by atoms with Gasteiger partial charge >= 0.3 is 0 Å². The molecule has 1 N–H and O–H groups in total. The molecule has 0 amide bonds. The fourth-order valence-electron chi connectivity index (χ4n) is 1.84. The Labute approximate surface area is 114 Å². The number of hydrogen-bond donors (Lipinski definition) is 1. The summed E-state index contributed by atoms with van der Waals surface area (Å²) in [4.78, 5) is 22.5. The average Bonchev–Trinajstić information content (AvgIpc) is 2.46. The van der Waals surface area contributed by atoms with E-state index in [1.54, 1.807) is 7.05 Å². The molecule has 20 heavy (non-hydrogen) atoms. The first kappa shape index (κ1) is 13.7. The SMILES string of the molecule is CNc1ccc([N+](=O)[O-])cc1C(=O)c1ccccc1F. The van der Waals surface area contributed by atoms with Gasteiger partial charge < -0.3 is 5.32 Å². The van der Waals surface area contributed by atoms with Crippen LogP contribution in [0.4, 0.5) is 15.8 Å². The predicted octanol–water partition coefficient (Wildman–Crippen LogP) is 3.01. The third kappa shape index (κ3) is 2.49. The van der Waals surface area contributed by atoms with E-state index >= 15 is 0 Å². The molecule has 0 unspecified atom stereocenters. The summed E-state index contributed by atoms with van der Waals surface area (Å²) in [5.74, 6) is -1.26. The summed E-state index contributed by atoms with van der Waals surface area (Å²) in [5, 5.41) is 13.5. The summed E-state index contributed by atoms with van der Waals surface area (Å²) < 4.78 is 13.6. The number of carbonyl (C=O) groups excluding carboxylic acids is 1. The Balaban J connectivity index is 2.56. The number of ketones is 1. The van der Waals surface area contributed by atoms with Gasteiger partial charge in [0.25, 0.3) is 5.69 Å². The first-order valence-corrected chi connectivity index (χ1v) is 5.80. The molecule has 5 nitrogen and oxygen atoms in total. The molecule has 0 aromatic heterocycles. The fraction of sp³-hybridized carbons (Fsp3) is 0.0714. The summed E-state index contributed by atoms with van der Waals surface area (Å²) >= 11 is 0. The zero-order chi connectivity index (χ0) is 14.7. The maximum Gasteiger partial charge on any atom is 0.270 e. The molecule has 2 rings (SSSR count). The third-order valence-corrected chi connectivity index (χ3v) is 2.85. The van der Waals surface area contributed by atoms with Crippen LogP contribution in [-0.2, 0) is 0 Å². The highest BCUT2D eigenvalue weighted by atomic mass is 19.1. The van der Waals surface area contributed by atoms with E-state index in [0.717, 1.165) is 6.07 Å². The monoisotopic (exact) mass is 274 g/mol. The predicted molar refractivity (Wildman–Crippen MR) is 72.5 cm³/mol. The lowest BCUT2D eigenvalue weighted by molar-refractivity contribution is -0.384. The zero-order valence-electron chi connectivity index (χ0n) is 10.6. The van der Waals surface area contributed by atoms with Crippen LogP contribution >= 0.6 is 0 Å². The Morgan fingerprint density at radius 2 is 1.90 bits per heavy atom. The van der Waals surface area contributed by atoms with Gasteiger partial charge in [-0.2, -0.15) is 0 Å². The topological polar surface area (TPSA) is 72.2 Å². The molecule has 0 bridgehead atoms. The minimum atomic E-state index is -0.661. The van der Waals surface area contributed by atoms with Gasteiger partial charge in [-0.05, 0) is 18.2 Å². The number of halogens is 1. The lowest BCUT2D eigenvalue weighted by Crippen LogP contribution is -2.08. The number of rotatable bonds is 4. The van der Waals surface area contributed by atoms with Crippen LogP contribution in [0, 0.1) is 15.9 Å². The van der Waals surface area contributed by atoms with E-state index in [9.17, 15) is 19.3 Å². The van der Waals surface area contributed by atoms with Gasteiger partial charge in [0.2, 0.25) is 0 Å². The van der Waals surface area contributed by atoms with E-state index in [-0.39, 0.29) is 16.8 Å². The number of nitrogens with one attached hydrogen (secondary N) is 1. The van der Waals surface area contributed by atoms with Crippen molar-refractivity contribution >= 4 is 17.2 Å². The molecular formula is C14H11FN2O3. The van der Waals surface area contributed by atoms with Crippen LogP contribution in [0.1, 0.15) is 15.9 Å². The van der Waals surface area contributed by atoms with Crippen LogP contribution in [0.2, 0.25) is 0 Å². The van der Waals surface area contributed by atoms with Crippen molar-refractivity contribution in [2.24, 2.45) is 0 Å². The zero-order valence-corrected chi connectivity index (χ0v) is 10.6. The lowest BCUT2D eigenvalue weighted by Gasteiger charge is -2.08. The highest BCUT2D eigenvalue weighted by molar-refractivity contribution is 6.12. The second-order valence-corrected chi connectivity index (χ2v) is 4.05. The van der Waals surface area contributed by atoms with Crippen LogP contribution < -0.4 is 5.32 Å². The van der Waals surface area contributed by atoms with Gasteiger partial charge in [0.1, 0.15) is 5.82 Å². The van der Waals surface area contributed by atoms with E-state index in [0.29, 0.717) is 5.69 Å². The Hall–Kier alpha value is -2.76. The maximum atomic E-state index is 13.6. The van der Waals surface area contributed by atoms with Gasteiger partial charge in [-0.3, -0.25) is 14.9 Å². The summed E-state index contributed by atoms with van der Waals surface area (Å²) in [7, 11) is 1.58. The fourth-order valence-corrected chi connectivity index (χ4v) is 1.84. The molecule has 6 heteroatoms. The molecule has 0 aliphatic carbocycles. The Morgan fingerprint density at radius 1 is 1.20 bits per heavy atom. The number of nitrogens with zero attached hydrogens (tertiary/aromatic N) is 1. The Bertz CT molecular complexity index is 686. The largest absolute Gasteiger partial charge is 0.388 e. The van der Waals surface area contributed by atoms with Crippen molar-refractivity contribution in [3.8, 4) is 0 Å². The lowest BCUT2D eigenvalue weighted by atomic mass is 10.0. The van der Waals surface area contributed by atoms with Gasteiger partial charge in [0.15, 0.2) is 5.78 Å². The molecule has 0 radical (unpaired) electrons. The first-order valence-electron chi connectivity index (χ1n) is 5.80. The average molecular weight is 274 g/mol. The first-order chi connectivity index (χ1) is 9.54. The highest BCUT2D eigenvalue weighted by Gasteiger charge is 2.19. The number of nitro benzene ring substituents is 1. The minimum Gasteiger partial charge on any atom is -0.388 e. The summed E-state index contributed by atoms with van der Waals surface area (Å²) in [6.07, 6.45) is 0. The van der Waals surface area contributed by atoms with Crippen molar-refractivity contribution in [2.45, 2.75) is 0 Å². The molecule has 0 saturated heterocycles. The van der Waals surface area contributed by atoms with Crippen LogP contribution in [0.15, 0.2) is 42.5 Å². The summed E-state index contributed by atoms with van der Waals surface area (Å²) in [6.45, 7) is 0. The van der Waals surface area contributed by atoms with Crippen molar-refractivity contribution in [1.82, 2.24) is 0 Å². The third-order valence-electron chi connectivity index (χ3n) is 2.85. The summed E-state index contributed by atoms with van der Waals surface area (Å²) in [6, 6.07) is 9.36. The molecule has 0 atom stereocenters. The van der Waals surface area contributed by atoms with Gasteiger partial charge in [0.05, 0.1) is 16.1 Å². The van der Waals surface area contributed by atoms with E-state index in [1.807, 2.05) is 0 Å². The van der Waals surface area contributed by atoms with E-state index < -0.39 is 16.5 Å². The smallest absolute Gasteiger partial charge is 0.270 e. The molecule has 0 aliphatic rings. The molecule has 0 aliphatic heterocycles. The van der Waals surface area contributed by atoms with Crippen molar-refractivity contribution in [3.05, 3.63) is 69.5 Å². The quantitative estimate of drug-likeness (QED) is 0.528. The van der Waals surface area contributed by atoms with Gasteiger partial charge in [-0.1, -0.05) is 12.1 Å². The Kier molecular flexibility index (Phi) is 3.74. The molecule has 2 aromatic rings. The van der Waals surface area contributed by atoms with Gasteiger partial charge in [-0.15, -0.1) is 0 Å². The van der Waals surface area contributed by atoms with Crippen molar-refractivity contribution in [1.29, 1.82) is 0 Å². The number of anilines is 1.